The first-order valence-electron chi connectivity index (χ1n) is 6.05. The number of nitrogens with two attached hydrogens (primary N) is 2. The van der Waals surface area contributed by atoms with E-state index in [0.717, 1.165) is 12.8 Å². The standard InChI is InChI=1S/C12H19N3O3S/c1-8-10(15-6-12(7-16)2-3-12)4-9(13)5-11(8)19(14,17)18/h4-5,15-16H,2-3,6-7,13H2,1H3,(H2,14,17,18). The molecule has 0 amide bonds. The van der Waals surface area contributed by atoms with Crippen molar-refractivity contribution >= 4 is 21.4 Å². The van der Waals surface area contributed by atoms with E-state index in [1.54, 1.807) is 13.0 Å². The van der Waals surface area contributed by atoms with Gasteiger partial charge in [-0.1, -0.05) is 0 Å². The lowest BCUT2D eigenvalue weighted by Gasteiger charge is -2.17. The van der Waals surface area contributed by atoms with Crippen molar-refractivity contribution in [2.75, 3.05) is 24.2 Å². The van der Waals surface area contributed by atoms with Gasteiger partial charge in [-0.3, -0.25) is 0 Å². The quantitative estimate of drug-likeness (QED) is 0.584. The van der Waals surface area contributed by atoms with Crippen LogP contribution < -0.4 is 16.2 Å². The summed E-state index contributed by atoms with van der Waals surface area (Å²) in [6, 6.07) is 3.03. The minimum atomic E-state index is -3.79. The van der Waals surface area contributed by atoms with Gasteiger partial charge in [-0.2, -0.15) is 0 Å². The van der Waals surface area contributed by atoms with Gasteiger partial charge in [0.05, 0.1) is 11.5 Å². The Morgan fingerprint density at radius 2 is 2.05 bits per heavy atom. The molecule has 1 fully saturated rings. The maximum atomic E-state index is 11.5. The molecular weight excluding hydrogens is 266 g/mol. The second-order valence-electron chi connectivity index (χ2n) is 5.25. The van der Waals surface area contributed by atoms with Crippen molar-refractivity contribution in [3.8, 4) is 0 Å². The number of hydrogen-bond donors (Lipinski definition) is 4. The topological polar surface area (TPSA) is 118 Å². The van der Waals surface area contributed by atoms with Crippen molar-refractivity contribution < 1.29 is 13.5 Å². The highest BCUT2D eigenvalue weighted by molar-refractivity contribution is 7.89. The van der Waals surface area contributed by atoms with Gasteiger partial charge in [0, 0.05) is 23.3 Å². The van der Waals surface area contributed by atoms with Crippen molar-refractivity contribution in [1.29, 1.82) is 0 Å². The highest BCUT2D eigenvalue weighted by atomic mass is 32.2. The molecule has 106 valence electrons. The lowest BCUT2D eigenvalue weighted by atomic mass is 10.1. The SMILES string of the molecule is Cc1c(NCC2(CO)CC2)cc(N)cc1S(N)(=O)=O. The van der Waals surface area contributed by atoms with Gasteiger partial charge in [0.2, 0.25) is 10.0 Å². The normalized spacial score (nSPS) is 17.2. The first-order chi connectivity index (χ1) is 8.77. The summed E-state index contributed by atoms with van der Waals surface area (Å²) in [7, 11) is -3.79. The van der Waals surface area contributed by atoms with Crippen molar-refractivity contribution in [2.24, 2.45) is 10.6 Å². The van der Waals surface area contributed by atoms with Crippen molar-refractivity contribution in [3.05, 3.63) is 17.7 Å². The number of aliphatic hydroxyl groups excluding tert-OH is 1. The molecule has 0 atom stereocenters. The zero-order valence-electron chi connectivity index (χ0n) is 10.8. The van der Waals surface area contributed by atoms with Crippen LogP contribution in [-0.4, -0.2) is 26.7 Å². The molecule has 7 heteroatoms. The van der Waals surface area contributed by atoms with E-state index in [0.29, 0.717) is 23.5 Å². The fourth-order valence-electron chi connectivity index (χ4n) is 2.04. The zero-order chi connectivity index (χ0) is 14.3. The molecule has 6 nitrogen and oxygen atoms in total. The molecule has 0 bridgehead atoms. The molecular formula is C12H19N3O3S. The smallest absolute Gasteiger partial charge is 0.238 e. The van der Waals surface area contributed by atoms with E-state index in [1.807, 2.05) is 0 Å². The van der Waals surface area contributed by atoms with Crippen LogP contribution in [-0.2, 0) is 10.0 Å². The lowest BCUT2D eigenvalue weighted by molar-refractivity contribution is 0.220. The number of aliphatic hydroxyl groups is 1. The first kappa shape index (κ1) is 14.1. The average molecular weight is 285 g/mol. The number of rotatable bonds is 5. The molecule has 0 aliphatic heterocycles. The average Bonchev–Trinajstić information content (AvgIpc) is 3.09. The van der Waals surface area contributed by atoms with Gasteiger partial charge in [0.25, 0.3) is 0 Å². The van der Waals surface area contributed by atoms with Crippen LogP contribution in [0.1, 0.15) is 18.4 Å². The number of sulfonamides is 1. The second-order valence-corrected chi connectivity index (χ2v) is 6.78. The van der Waals surface area contributed by atoms with Crippen LogP contribution in [0.4, 0.5) is 11.4 Å². The molecule has 1 saturated carbocycles. The largest absolute Gasteiger partial charge is 0.399 e. The molecule has 0 unspecified atom stereocenters. The predicted molar refractivity (Wildman–Crippen MR) is 74.2 cm³/mol. The van der Waals surface area contributed by atoms with Gasteiger partial charge in [0.1, 0.15) is 0 Å². The van der Waals surface area contributed by atoms with Gasteiger partial charge in [-0.15, -0.1) is 0 Å². The first-order valence-corrected chi connectivity index (χ1v) is 7.60. The van der Waals surface area contributed by atoms with Gasteiger partial charge in [0.15, 0.2) is 0 Å². The van der Waals surface area contributed by atoms with Crippen molar-refractivity contribution in [1.82, 2.24) is 0 Å². The third-order valence-electron chi connectivity index (χ3n) is 3.64. The molecule has 0 heterocycles. The Morgan fingerprint density at radius 1 is 1.42 bits per heavy atom. The van der Waals surface area contributed by atoms with Gasteiger partial charge < -0.3 is 16.2 Å². The summed E-state index contributed by atoms with van der Waals surface area (Å²) in [6.07, 6.45) is 1.94. The molecule has 6 N–H and O–H groups in total. The van der Waals surface area contributed by atoms with Crippen LogP contribution in [0, 0.1) is 12.3 Å². The number of benzene rings is 1. The third kappa shape index (κ3) is 2.99. The summed E-state index contributed by atoms with van der Waals surface area (Å²) in [5, 5.41) is 17.6. The van der Waals surface area contributed by atoms with Crippen LogP contribution in [0.3, 0.4) is 0 Å². The number of nitrogen functional groups attached to an aromatic ring is 1. The molecule has 0 spiro atoms. The molecule has 19 heavy (non-hydrogen) atoms. The lowest BCUT2D eigenvalue weighted by Crippen LogP contribution is -2.21. The summed E-state index contributed by atoms with van der Waals surface area (Å²) in [5.41, 5.74) is 7.16. The Hall–Kier alpha value is -1.31. The third-order valence-corrected chi connectivity index (χ3v) is 4.67. The Morgan fingerprint density at radius 3 is 2.53 bits per heavy atom. The summed E-state index contributed by atoms with van der Waals surface area (Å²) in [6.45, 7) is 2.40. The van der Waals surface area contributed by atoms with E-state index >= 15 is 0 Å². The van der Waals surface area contributed by atoms with Crippen LogP contribution >= 0.6 is 0 Å². The number of primary sulfonamides is 1. The van der Waals surface area contributed by atoms with Crippen molar-refractivity contribution in [3.63, 3.8) is 0 Å². The Bertz CT molecular complexity index is 594. The Balaban J connectivity index is 2.28. The minimum absolute atomic E-state index is 0.0313. The van der Waals surface area contributed by atoms with Gasteiger partial charge in [-0.05, 0) is 37.5 Å². The highest BCUT2D eigenvalue weighted by Crippen LogP contribution is 2.45. The van der Waals surface area contributed by atoms with Gasteiger partial charge >= 0.3 is 0 Å². The van der Waals surface area contributed by atoms with Gasteiger partial charge in [-0.25, -0.2) is 13.6 Å². The van der Waals surface area contributed by atoms with Crippen LogP contribution in [0.25, 0.3) is 0 Å². The van der Waals surface area contributed by atoms with Crippen LogP contribution in [0.5, 0.6) is 0 Å². The molecule has 2 rings (SSSR count). The van der Waals surface area contributed by atoms with E-state index in [-0.39, 0.29) is 16.9 Å². The van der Waals surface area contributed by atoms with E-state index < -0.39 is 10.0 Å². The van der Waals surface area contributed by atoms with Crippen molar-refractivity contribution in [2.45, 2.75) is 24.7 Å². The maximum Gasteiger partial charge on any atom is 0.238 e. The molecule has 0 radical (unpaired) electrons. The molecule has 1 aromatic carbocycles. The summed E-state index contributed by atoms with van der Waals surface area (Å²) in [4.78, 5) is 0.0313. The Labute approximate surface area is 112 Å². The maximum absolute atomic E-state index is 11.5. The predicted octanol–water partition coefficient (Wildman–Crippen LogP) is 0.409. The number of nitrogens with one attached hydrogen (secondary N) is 1. The van der Waals surface area contributed by atoms with E-state index in [2.05, 4.69) is 5.32 Å². The minimum Gasteiger partial charge on any atom is -0.399 e. The molecule has 1 aromatic rings. The fraction of sp³-hybridized carbons (Fsp3) is 0.500. The number of hydrogen-bond acceptors (Lipinski definition) is 5. The van der Waals surface area contributed by atoms with E-state index in [1.165, 1.54) is 6.07 Å². The monoisotopic (exact) mass is 285 g/mol. The molecule has 0 saturated heterocycles. The Kier molecular flexibility index (Phi) is 3.46. The molecule has 1 aliphatic carbocycles. The van der Waals surface area contributed by atoms with E-state index in [4.69, 9.17) is 10.9 Å². The highest BCUT2D eigenvalue weighted by Gasteiger charge is 2.41. The second kappa shape index (κ2) is 4.66. The molecule has 1 aliphatic rings. The summed E-state index contributed by atoms with van der Waals surface area (Å²) < 4.78 is 23.0. The summed E-state index contributed by atoms with van der Waals surface area (Å²) >= 11 is 0. The zero-order valence-corrected chi connectivity index (χ0v) is 11.6. The molecule has 0 aromatic heterocycles. The van der Waals surface area contributed by atoms with E-state index in [9.17, 15) is 13.5 Å². The fourth-order valence-corrected chi connectivity index (χ4v) is 2.88. The van der Waals surface area contributed by atoms with Crippen LogP contribution in [0.2, 0.25) is 0 Å². The number of anilines is 2. The van der Waals surface area contributed by atoms with Crippen LogP contribution in [0.15, 0.2) is 17.0 Å². The summed E-state index contributed by atoms with van der Waals surface area (Å²) in [5.74, 6) is 0.